The Kier molecular flexibility index (Phi) is 10.2. The number of amides is 2. The molecule has 0 fully saturated rings. The minimum Gasteiger partial charge on any atom is -0.372 e. The first-order chi connectivity index (χ1) is 17.5. The van der Waals surface area contributed by atoms with Crippen LogP contribution in [-0.4, -0.2) is 31.1 Å². The molecule has 0 aliphatic carbocycles. The van der Waals surface area contributed by atoms with Crippen molar-refractivity contribution < 1.29 is 9.59 Å². The number of allylic oxidation sites excluding steroid dienone is 1. The highest BCUT2D eigenvalue weighted by atomic mass is 79.9. The van der Waals surface area contributed by atoms with E-state index >= 15 is 0 Å². The monoisotopic (exact) mass is 544 g/mol. The van der Waals surface area contributed by atoms with Gasteiger partial charge in [0.2, 0.25) is 0 Å². The molecule has 0 spiro atoms. The molecule has 184 valence electrons. The summed E-state index contributed by atoms with van der Waals surface area (Å²) in [6.45, 7) is 6.01. The fourth-order valence-electron chi connectivity index (χ4n) is 3.44. The zero-order valence-corrected chi connectivity index (χ0v) is 21.9. The summed E-state index contributed by atoms with van der Waals surface area (Å²) in [6.07, 6.45) is 4.99. The van der Waals surface area contributed by atoms with Crippen LogP contribution < -0.4 is 15.6 Å². The average Bonchev–Trinajstić information content (AvgIpc) is 2.91. The number of rotatable bonds is 10. The van der Waals surface area contributed by atoms with Crippen LogP contribution in [0.4, 0.5) is 5.69 Å². The molecule has 0 radical (unpaired) electrons. The van der Waals surface area contributed by atoms with Gasteiger partial charge in [-0.1, -0.05) is 60.7 Å². The van der Waals surface area contributed by atoms with Gasteiger partial charge in [-0.05, 0) is 77.3 Å². The molecule has 3 aromatic rings. The Morgan fingerprint density at radius 1 is 0.833 bits per heavy atom. The largest absolute Gasteiger partial charge is 0.372 e. The van der Waals surface area contributed by atoms with Gasteiger partial charge in [-0.25, -0.2) is 5.43 Å². The third-order valence-corrected chi connectivity index (χ3v) is 5.75. The van der Waals surface area contributed by atoms with Crippen LogP contribution in [0.2, 0.25) is 0 Å². The third-order valence-electron chi connectivity index (χ3n) is 5.32. The minimum atomic E-state index is -0.539. The summed E-state index contributed by atoms with van der Waals surface area (Å²) in [4.78, 5) is 28.0. The highest BCUT2D eigenvalue weighted by Crippen LogP contribution is 2.17. The van der Waals surface area contributed by atoms with Crippen molar-refractivity contribution in [3.8, 4) is 0 Å². The standard InChI is InChI=1S/C29H29BrN4O2/c1-3-34(4-2)26-17-15-23(16-18-26)20-27(32-28(35)24-13-9-6-10-14-24)29(36)33-31-21-25(30)19-22-11-7-5-8-12-22/h5-21H,3-4H2,1-2H3,(H,32,35)(H,33,36). The number of nitrogens with one attached hydrogen (secondary N) is 2. The van der Waals surface area contributed by atoms with Crippen molar-refractivity contribution >= 4 is 51.8 Å². The van der Waals surface area contributed by atoms with E-state index in [1.807, 2.05) is 66.7 Å². The molecule has 0 heterocycles. The number of hydrogen-bond donors (Lipinski definition) is 2. The van der Waals surface area contributed by atoms with Gasteiger partial charge >= 0.3 is 0 Å². The second-order valence-electron chi connectivity index (χ2n) is 7.78. The van der Waals surface area contributed by atoms with E-state index in [-0.39, 0.29) is 11.6 Å². The van der Waals surface area contributed by atoms with Gasteiger partial charge < -0.3 is 10.2 Å². The van der Waals surface area contributed by atoms with E-state index < -0.39 is 5.91 Å². The maximum absolute atomic E-state index is 13.0. The van der Waals surface area contributed by atoms with Crippen molar-refractivity contribution in [3.05, 3.63) is 112 Å². The Morgan fingerprint density at radius 2 is 1.42 bits per heavy atom. The van der Waals surface area contributed by atoms with Crippen molar-refractivity contribution in [2.75, 3.05) is 18.0 Å². The molecular formula is C29H29BrN4O2. The summed E-state index contributed by atoms with van der Waals surface area (Å²) in [5.74, 6) is -0.922. The van der Waals surface area contributed by atoms with Gasteiger partial charge in [0.25, 0.3) is 11.8 Å². The van der Waals surface area contributed by atoms with E-state index in [2.05, 4.69) is 50.5 Å². The van der Waals surface area contributed by atoms with Crippen molar-refractivity contribution in [2.24, 2.45) is 5.10 Å². The molecule has 6 nitrogen and oxygen atoms in total. The maximum atomic E-state index is 13.0. The Hall–Kier alpha value is -3.97. The zero-order valence-electron chi connectivity index (χ0n) is 20.3. The number of carbonyl (C=O) groups is 2. The van der Waals surface area contributed by atoms with Crippen LogP contribution in [0.25, 0.3) is 12.2 Å². The second-order valence-corrected chi connectivity index (χ2v) is 8.70. The van der Waals surface area contributed by atoms with E-state index in [1.165, 1.54) is 6.21 Å². The molecule has 0 unspecified atom stereocenters. The lowest BCUT2D eigenvalue weighted by molar-refractivity contribution is -0.117. The van der Waals surface area contributed by atoms with Gasteiger partial charge in [0.15, 0.2) is 0 Å². The van der Waals surface area contributed by atoms with Gasteiger partial charge in [0.05, 0.1) is 6.21 Å². The molecular weight excluding hydrogens is 516 g/mol. The lowest BCUT2D eigenvalue weighted by Gasteiger charge is -2.20. The number of hydrazone groups is 1. The fourth-order valence-corrected chi connectivity index (χ4v) is 3.80. The van der Waals surface area contributed by atoms with Gasteiger partial charge in [0.1, 0.15) is 5.70 Å². The number of nitrogens with zero attached hydrogens (tertiary/aromatic N) is 2. The van der Waals surface area contributed by atoms with E-state index in [1.54, 1.807) is 30.3 Å². The number of carbonyl (C=O) groups excluding carboxylic acids is 2. The van der Waals surface area contributed by atoms with Crippen LogP contribution in [0.3, 0.4) is 0 Å². The zero-order chi connectivity index (χ0) is 25.8. The second kappa shape index (κ2) is 13.8. The van der Waals surface area contributed by atoms with Crippen LogP contribution in [0.5, 0.6) is 0 Å². The lowest BCUT2D eigenvalue weighted by Crippen LogP contribution is -2.32. The van der Waals surface area contributed by atoms with Crippen molar-refractivity contribution in [3.63, 3.8) is 0 Å². The normalized spacial score (nSPS) is 11.9. The Labute approximate surface area is 220 Å². The van der Waals surface area contributed by atoms with Gasteiger partial charge in [-0.2, -0.15) is 5.10 Å². The fraction of sp³-hybridized carbons (Fsp3) is 0.138. The number of halogens is 1. The topological polar surface area (TPSA) is 73.8 Å². The molecule has 0 atom stereocenters. The van der Waals surface area contributed by atoms with E-state index in [0.29, 0.717) is 10.0 Å². The van der Waals surface area contributed by atoms with Crippen molar-refractivity contribution in [1.82, 2.24) is 10.7 Å². The third kappa shape index (κ3) is 8.06. The van der Waals surface area contributed by atoms with Crippen molar-refractivity contribution in [2.45, 2.75) is 13.8 Å². The quantitative estimate of drug-likeness (QED) is 0.191. The highest BCUT2D eigenvalue weighted by molar-refractivity contribution is 9.12. The number of benzene rings is 3. The average molecular weight is 545 g/mol. The molecule has 3 aromatic carbocycles. The molecule has 0 saturated carbocycles. The molecule has 0 saturated heterocycles. The Bertz CT molecular complexity index is 1230. The Morgan fingerprint density at radius 3 is 2.03 bits per heavy atom. The van der Waals surface area contributed by atoms with Gasteiger partial charge in [-0.3, -0.25) is 9.59 Å². The predicted octanol–water partition coefficient (Wildman–Crippen LogP) is 5.84. The molecule has 7 heteroatoms. The summed E-state index contributed by atoms with van der Waals surface area (Å²) < 4.78 is 0.680. The molecule has 2 N–H and O–H groups in total. The van der Waals surface area contributed by atoms with E-state index in [9.17, 15) is 9.59 Å². The van der Waals surface area contributed by atoms with E-state index in [4.69, 9.17) is 0 Å². The maximum Gasteiger partial charge on any atom is 0.287 e. The first-order valence-corrected chi connectivity index (χ1v) is 12.5. The molecule has 2 amide bonds. The van der Waals surface area contributed by atoms with Crippen LogP contribution in [0.1, 0.15) is 35.3 Å². The Balaban J connectivity index is 1.79. The summed E-state index contributed by atoms with van der Waals surface area (Å²) in [7, 11) is 0. The van der Waals surface area contributed by atoms with E-state index in [0.717, 1.165) is 29.9 Å². The minimum absolute atomic E-state index is 0.0831. The van der Waals surface area contributed by atoms with Crippen LogP contribution in [0.15, 0.2) is 100 Å². The number of hydrogen-bond acceptors (Lipinski definition) is 4. The van der Waals surface area contributed by atoms with Crippen molar-refractivity contribution in [1.29, 1.82) is 0 Å². The summed E-state index contributed by atoms with van der Waals surface area (Å²) in [5.41, 5.74) is 5.89. The SMILES string of the molecule is CCN(CC)c1ccc(C=C(NC(=O)c2ccccc2)C(=O)NN=CC(Br)=Cc2ccccc2)cc1. The first-order valence-electron chi connectivity index (χ1n) is 11.7. The number of anilines is 1. The molecule has 0 bridgehead atoms. The molecule has 0 aliphatic rings. The highest BCUT2D eigenvalue weighted by Gasteiger charge is 2.14. The van der Waals surface area contributed by atoms with Crippen LogP contribution in [0, 0.1) is 0 Å². The smallest absolute Gasteiger partial charge is 0.287 e. The molecule has 0 aromatic heterocycles. The predicted molar refractivity (Wildman–Crippen MR) is 152 cm³/mol. The summed E-state index contributed by atoms with van der Waals surface area (Å²) in [5, 5.41) is 6.75. The first kappa shape index (κ1) is 26.6. The molecule has 0 aliphatic heterocycles. The molecule has 3 rings (SSSR count). The lowest BCUT2D eigenvalue weighted by atomic mass is 10.1. The van der Waals surface area contributed by atoms with Gasteiger partial charge in [-0.15, -0.1) is 0 Å². The summed E-state index contributed by atoms with van der Waals surface area (Å²) in [6, 6.07) is 26.3. The molecule has 36 heavy (non-hydrogen) atoms. The van der Waals surface area contributed by atoms with Crippen LogP contribution >= 0.6 is 15.9 Å². The summed E-state index contributed by atoms with van der Waals surface area (Å²) >= 11 is 3.43. The van der Waals surface area contributed by atoms with Gasteiger partial charge in [0, 0.05) is 28.8 Å². The van der Waals surface area contributed by atoms with Crippen LogP contribution in [-0.2, 0) is 4.79 Å².